The van der Waals surface area contributed by atoms with E-state index in [0.717, 1.165) is 32.7 Å². The largest absolute Gasteiger partial charge is 0.447 e. The van der Waals surface area contributed by atoms with Gasteiger partial charge in [0.2, 0.25) is 0 Å². The number of nitrogens with zero attached hydrogens (tertiary/aromatic N) is 3. The molecule has 5 heteroatoms. The first-order chi connectivity index (χ1) is 13.5. The molecule has 0 radical (unpaired) electrons. The van der Waals surface area contributed by atoms with Crippen molar-refractivity contribution < 1.29 is 9.53 Å². The highest BCUT2D eigenvalue weighted by molar-refractivity contribution is 5.68. The number of anilines is 1. The van der Waals surface area contributed by atoms with Crippen LogP contribution in [-0.2, 0) is 11.3 Å². The maximum absolute atomic E-state index is 12.2. The van der Waals surface area contributed by atoms with E-state index in [9.17, 15) is 4.79 Å². The number of rotatable bonds is 4. The van der Waals surface area contributed by atoms with E-state index in [-0.39, 0.29) is 12.2 Å². The van der Waals surface area contributed by atoms with Crippen LogP contribution in [0, 0.1) is 18.8 Å². The molecule has 1 aromatic carbocycles. The van der Waals surface area contributed by atoms with Gasteiger partial charge in [-0.2, -0.15) is 0 Å². The molecule has 3 saturated heterocycles. The van der Waals surface area contributed by atoms with Crippen LogP contribution in [0.3, 0.4) is 0 Å². The number of ether oxygens (including phenoxy) is 1. The Labute approximate surface area is 169 Å². The zero-order chi connectivity index (χ0) is 19.7. The predicted molar refractivity (Wildman–Crippen MR) is 113 cm³/mol. The summed E-state index contributed by atoms with van der Waals surface area (Å²) in [5, 5.41) is 0. The molecule has 0 bridgehead atoms. The van der Waals surface area contributed by atoms with Crippen LogP contribution in [0.4, 0.5) is 10.5 Å². The first-order valence-corrected chi connectivity index (χ1v) is 11.0. The van der Waals surface area contributed by atoms with E-state index in [1.54, 1.807) is 0 Å². The van der Waals surface area contributed by atoms with Gasteiger partial charge >= 0.3 is 6.09 Å². The van der Waals surface area contributed by atoms with Gasteiger partial charge in [0.1, 0.15) is 0 Å². The summed E-state index contributed by atoms with van der Waals surface area (Å²) in [5.74, 6) is 1.18. The Bertz CT molecular complexity index is 685. The second kappa shape index (κ2) is 8.32. The molecule has 1 amide bonds. The van der Waals surface area contributed by atoms with Gasteiger partial charge in [-0.15, -0.1) is 0 Å². The van der Waals surface area contributed by atoms with Gasteiger partial charge in [0.25, 0.3) is 0 Å². The molecule has 4 rings (SSSR count). The summed E-state index contributed by atoms with van der Waals surface area (Å²) in [6.07, 6.45) is 3.82. The number of carbonyl (C=O) groups is 1. The topological polar surface area (TPSA) is 36.0 Å². The Morgan fingerprint density at radius 2 is 1.75 bits per heavy atom. The lowest BCUT2D eigenvalue weighted by molar-refractivity contribution is 0.0800. The van der Waals surface area contributed by atoms with Gasteiger partial charge in [-0.1, -0.05) is 12.1 Å². The Balaban J connectivity index is 1.35. The second-order valence-corrected chi connectivity index (χ2v) is 9.16. The SMILES string of the molecule is Cc1c(CN2CC3CN(C(=O)OC(C)C)CC3C2)cccc1N1CCCCC1. The summed E-state index contributed by atoms with van der Waals surface area (Å²) < 4.78 is 5.38. The van der Waals surface area contributed by atoms with Crippen molar-refractivity contribution in [1.82, 2.24) is 9.80 Å². The standard InChI is InChI=1S/C23H35N3O2/c1-17(2)28-23(27)26-15-20-13-24(14-21(20)16-26)12-19-8-7-9-22(18(19)3)25-10-5-4-6-11-25/h7-9,17,20-21H,4-6,10-16H2,1-3H3. The van der Waals surface area contributed by atoms with Gasteiger partial charge in [-0.3, -0.25) is 4.90 Å². The molecule has 0 N–H and O–H groups in total. The van der Waals surface area contributed by atoms with Crippen molar-refractivity contribution in [3.63, 3.8) is 0 Å². The van der Waals surface area contributed by atoms with Crippen LogP contribution >= 0.6 is 0 Å². The number of piperidine rings is 1. The van der Waals surface area contributed by atoms with E-state index < -0.39 is 0 Å². The van der Waals surface area contributed by atoms with Crippen LogP contribution in [0.2, 0.25) is 0 Å². The third-order valence-electron chi connectivity index (χ3n) is 6.66. The molecule has 1 aromatic rings. The van der Waals surface area contributed by atoms with Gasteiger partial charge < -0.3 is 14.5 Å². The Hall–Kier alpha value is -1.75. The van der Waals surface area contributed by atoms with E-state index in [4.69, 9.17) is 4.74 Å². The zero-order valence-electron chi connectivity index (χ0n) is 17.7. The van der Waals surface area contributed by atoms with Crippen molar-refractivity contribution >= 4 is 11.8 Å². The molecule has 154 valence electrons. The maximum Gasteiger partial charge on any atom is 0.410 e. The molecule has 0 aliphatic carbocycles. The summed E-state index contributed by atoms with van der Waals surface area (Å²) >= 11 is 0. The van der Waals surface area contributed by atoms with Crippen LogP contribution in [0.5, 0.6) is 0 Å². The first kappa shape index (κ1) is 19.6. The maximum atomic E-state index is 12.2. The molecule has 28 heavy (non-hydrogen) atoms. The number of benzene rings is 1. The summed E-state index contributed by atoms with van der Waals surface area (Å²) in [6, 6.07) is 6.82. The molecule has 0 spiro atoms. The van der Waals surface area contributed by atoms with Crippen molar-refractivity contribution in [3.8, 4) is 0 Å². The molecule has 3 fully saturated rings. The van der Waals surface area contributed by atoms with E-state index in [1.807, 2.05) is 18.7 Å². The predicted octanol–water partition coefficient (Wildman–Crippen LogP) is 3.89. The summed E-state index contributed by atoms with van der Waals surface area (Å²) in [6.45, 7) is 13.4. The lowest BCUT2D eigenvalue weighted by Crippen LogP contribution is -2.34. The van der Waals surface area contributed by atoms with Crippen molar-refractivity contribution in [2.24, 2.45) is 11.8 Å². The van der Waals surface area contributed by atoms with Gasteiger partial charge in [0, 0.05) is 51.5 Å². The van der Waals surface area contributed by atoms with Crippen molar-refractivity contribution in [3.05, 3.63) is 29.3 Å². The van der Waals surface area contributed by atoms with E-state index in [0.29, 0.717) is 11.8 Å². The Kier molecular flexibility index (Phi) is 5.81. The molecule has 2 atom stereocenters. The van der Waals surface area contributed by atoms with Crippen molar-refractivity contribution in [2.75, 3.05) is 44.2 Å². The fourth-order valence-electron chi connectivity index (χ4n) is 5.20. The van der Waals surface area contributed by atoms with Crippen LogP contribution in [0.1, 0.15) is 44.2 Å². The van der Waals surface area contributed by atoms with E-state index in [2.05, 4.69) is 34.9 Å². The highest BCUT2D eigenvalue weighted by Crippen LogP contribution is 2.34. The number of fused-ring (bicyclic) bond motifs is 1. The highest BCUT2D eigenvalue weighted by Gasteiger charge is 2.42. The van der Waals surface area contributed by atoms with Crippen molar-refractivity contribution in [2.45, 2.75) is 52.7 Å². The molecular formula is C23H35N3O2. The summed E-state index contributed by atoms with van der Waals surface area (Å²) in [7, 11) is 0. The smallest absolute Gasteiger partial charge is 0.410 e. The van der Waals surface area contributed by atoms with Crippen LogP contribution < -0.4 is 4.90 Å². The first-order valence-electron chi connectivity index (χ1n) is 11.0. The Morgan fingerprint density at radius 3 is 2.39 bits per heavy atom. The monoisotopic (exact) mass is 385 g/mol. The summed E-state index contributed by atoms with van der Waals surface area (Å²) in [4.78, 5) is 19.2. The lowest BCUT2D eigenvalue weighted by atomic mass is 10.0. The van der Waals surface area contributed by atoms with Crippen molar-refractivity contribution in [1.29, 1.82) is 0 Å². The van der Waals surface area contributed by atoms with Crippen LogP contribution in [-0.4, -0.2) is 61.3 Å². The lowest BCUT2D eigenvalue weighted by Gasteiger charge is -2.31. The quantitative estimate of drug-likeness (QED) is 0.788. The van der Waals surface area contributed by atoms with Gasteiger partial charge in [-0.05, 0) is 69.1 Å². The minimum Gasteiger partial charge on any atom is -0.447 e. The molecule has 3 aliphatic rings. The molecule has 3 aliphatic heterocycles. The van der Waals surface area contributed by atoms with E-state index in [1.165, 1.54) is 49.2 Å². The number of amides is 1. The molecule has 5 nitrogen and oxygen atoms in total. The van der Waals surface area contributed by atoms with Crippen LogP contribution in [0.15, 0.2) is 18.2 Å². The zero-order valence-corrected chi connectivity index (χ0v) is 17.7. The number of carbonyl (C=O) groups excluding carboxylic acids is 1. The fraction of sp³-hybridized carbons (Fsp3) is 0.696. The third kappa shape index (κ3) is 4.14. The second-order valence-electron chi connectivity index (χ2n) is 9.16. The minimum absolute atomic E-state index is 0.0420. The Morgan fingerprint density at radius 1 is 1.07 bits per heavy atom. The number of hydrogen-bond donors (Lipinski definition) is 0. The summed E-state index contributed by atoms with van der Waals surface area (Å²) in [5.41, 5.74) is 4.34. The molecular weight excluding hydrogens is 350 g/mol. The van der Waals surface area contributed by atoms with E-state index >= 15 is 0 Å². The molecule has 3 heterocycles. The van der Waals surface area contributed by atoms with Gasteiger partial charge in [0.15, 0.2) is 0 Å². The average Bonchev–Trinajstić information content (AvgIpc) is 3.22. The van der Waals surface area contributed by atoms with Gasteiger partial charge in [0.05, 0.1) is 6.10 Å². The molecule has 0 aromatic heterocycles. The molecule has 2 unspecified atom stereocenters. The average molecular weight is 386 g/mol. The molecule has 0 saturated carbocycles. The fourth-order valence-corrected chi connectivity index (χ4v) is 5.20. The number of hydrogen-bond acceptors (Lipinski definition) is 4. The van der Waals surface area contributed by atoms with Crippen LogP contribution in [0.25, 0.3) is 0 Å². The minimum atomic E-state index is -0.138. The third-order valence-corrected chi connectivity index (χ3v) is 6.66. The number of likely N-dealkylation sites (tertiary alicyclic amines) is 2. The highest BCUT2D eigenvalue weighted by atomic mass is 16.6. The normalized spacial score (nSPS) is 25.4. The van der Waals surface area contributed by atoms with Gasteiger partial charge in [-0.25, -0.2) is 4.79 Å².